The Kier molecular flexibility index (Phi) is 1.05. The van der Waals surface area contributed by atoms with Gasteiger partial charge >= 0.3 is 0 Å². The lowest BCUT2D eigenvalue weighted by molar-refractivity contribution is 0.481. The topological polar surface area (TPSA) is 51.8 Å². The molecule has 2 aromatic heterocycles. The molecule has 0 amide bonds. The average Bonchev–Trinajstić information content (AvgIpc) is 2.70. The molecule has 2 heterocycles. The molecule has 0 saturated carbocycles. The normalized spacial score (nSPS) is 11.4. The Morgan fingerprint density at radius 2 is 1.92 bits per heavy atom. The fourth-order valence-electron chi connectivity index (χ4n) is 1.71. The molecule has 3 rings (SSSR count). The second kappa shape index (κ2) is 2.07. The minimum atomic E-state index is 0.298. The van der Waals surface area contributed by atoms with Gasteiger partial charge in [-0.05, 0) is 12.1 Å². The third-order valence-electron chi connectivity index (χ3n) is 2.36. The van der Waals surface area contributed by atoms with Crippen LogP contribution < -0.4 is 0 Å². The van der Waals surface area contributed by atoms with Crippen LogP contribution in [0.2, 0.25) is 0 Å². The van der Waals surface area contributed by atoms with E-state index in [4.69, 9.17) is 0 Å². The molecule has 0 saturated heterocycles. The van der Waals surface area contributed by atoms with Crippen LogP contribution in [0.1, 0.15) is 0 Å². The highest BCUT2D eigenvalue weighted by atomic mass is 16.3. The first-order valence-electron chi connectivity index (χ1n) is 4.12. The zero-order valence-electron chi connectivity index (χ0n) is 6.83. The predicted molar refractivity (Wildman–Crippen MR) is 51.8 cm³/mol. The molecule has 0 aliphatic heterocycles. The van der Waals surface area contributed by atoms with Gasteiger partial charge in [0.1, 0.15) is 5.75 Å². The number of fused-ring (bicyclic) bond motifs is 3. The summed E-state index contributed by atoms with van der Waals surface area (Å²) in [5.41, 5.74) is 2.00. The van der Waals surface area contributed by atoms with Crippen molar-refractivity contribution in [1.29, 1.82) is 0 Å². The van der Waals surface area contributed by atoms with Gasteiger partial charge in [-0.15, -0.1) is 0 Å². The highest BCUT2D eigenvalue weighted by Crippen LogP contribution is 2.29. The Labute approximate surface area is 74.0 Å². The van der Waals surface area contributed by atoms with Crippen LogP contribution in [0.25, 0.3) is 21.8 Å². The van der Waals surface area contributed by atoms with Gasteiger partial charge in [-0.3, -0.25) is 0 Å². The lowest BCUT2D eigenvalue weighted by atomic mass is 10.2. The zero-order chi connectivity index (χ0) is 8.84. The number of rotatable bonds is 0. The Bertz CT molecular complexity index is 577. The van der Waals surface area contributed by atoms with Crippen LogP contribution in [0.5, 0.6) is 5.75 Å². The first-order valence-corrected chi connectivity index (χ1v) is 4.12. The summed E-state index contributed by atoms with van der Waals surface area (Å²) in [4.78, 5) is 6.17. The van der Waals surface area contributed by atoms with Gasteiger partial charge < -0.3 is 15.1 Å². The minimum absolute atomic E-state index is 0.298. The van der Waals surface area contributed by atoms with E-state index in [0.717, 1.165) is 21.8 Å². The molecular weight excluding hydrogens is 164 g/mol. The number of benzene rings is 1. The Morgan fingerprint density at radius 1 is 1.00 bits per heavy atom. The van der Waals surface area contributed by atoms with Crippen LogP contribution >= 0.6 is 0 Å². The average molecular weight is 172 g/mol. The van der Waals surface area contributed by atoms with Gasteiger partial charge in [0.25, 0.3) is 0 Å². The van der Waals surface area contributed by atoms with Crippen molar-refractivity contribution >= 4 is 21.8 Å². The van der Waals surface area contributed by atoms with Crippen LogP contribution in [0.3, 0.4) is 0 Å². The van der Waals surface area contributed by atoms with Gasteiger partial charge in [0, 0.05) is 23.2 Å². The van der Waals surface area contributed by atoms with E-state index < -0.39 is 0 Å². The van der Waals surface area contributed by atoms with Crippen molar-refractivity contribution in [2.24, 2.45) is 0 Å². The number of H-pyrrole nitrogens is 2. The molecule has 0 atom stereocenters. The molecular formula is C10H8N2O. The summed E-state index contributed by atoms with van der Waals surface area (Å²) < 4.78 is 0. The second-order valence-electron chi connectivity index (χ2n) is 3.10. The van der Waals surface area contributed by atoms with E-state index in [-0.39, 0.29) is 0 Å². The molecule has 0 aliphatic carbocycles. The molecule has 3 N–H and O–H groups in total. The third-order valence-corrected chi connectivity index (χ3v) is 2.36. The van der Waals surface area contributed by atoms with Gasteiger partial charge in [-0.2, -0.15) is 0 Å². The number of hydrogen-bond acceptors (Lipinski definition) is 1. The molecule has 13 heavy (non-hydrogen) atoms. The van der Waals surface area contributed by atoms with Crippen LogP contribution in [-0.2, 0) is 0 Å². The summed E-state index contributed by atoms with van der Waals surface area (Å²) >= 11 is 0. The standard InChI is InChI=1S/C10H8N2O/c13-8-5-12-10-7(8)2-1-6-3-4-11-9(6)10/h1-5,11-13H. The molecule has 0 aliphatic rings. The monoisotopic (exact) mass is 172 g/mol. The zero-order valence-corrected chi connectivity index (χ0v) is 6.83. The van der Waals surface area contributed by atoms with E-state index >= 15 is 0 Å². The van der Waals surface area contributed by atoms with Gasteiger partial charge in [0.15, 0.2) is 0 Å². The summed E-state index contributed by atoms with van der Waals surface area (Å²) in [6, 6.07) is 5.91. The van der Waals surface area contributed by atoms with Crippen molar-refractivity contribution in [3.05, 3.63) is 30.6 Å². The molecule has 3 aromatic rings. The SMILES string of the molecule is Oc1c[nH]c2c1ccc1cc[nH]c12. The lowest BCUT2D eigenvalue weighted by Crippen LogP contribution is -1.71. The molecule has 1 aromatic carbocycles. The van der Waals surface area contributed by atoms with E-state index in [0.29, 0.717) is 5.75 Å². The molecule has 3 heteroatoms. The maximum Gasteiger partial charge on any atom is 0.140 e. The summed E-state index contributed by atoms with van der Waals surface area (Å²) in [7, 11) is 0. The lowest BCUT2D eigenvalue weighted by Gasteiger charge is -1.92. The van der Waals surface area contributed by atoms with Crippen molar-refractivity contribution in [3.63, 3.8) is 0 Å². The minimum Gasteiger partial charge on any atom is -0.506 e. The smallest absolute Gasteiger partial charge is 0.140 e. The molecule has 0 unspecified atom stereocenters. The Hall–Kier alpha value is -1.90. The first-order chi connectivity index (χ1) is 6.36. The largest absolute Gasteiger partial charge is 0.506 e. The number of aromatic hydroxyl groups is 1. The van der Waals surface area contributed by atoms with Crippen LogP contribution in [-0.4, -0.2) is 15.1 Å². The highest BCUT2D eigenvalue weighted by Gasteiger charge is 2.05. The number of nitrogens with one attached hydrogen (secondary N) is 2. The molecule has 3 nitrogen and oxygen atoms in total. The van der Waals surface area contributed by atoms with Crippen LogP contribution in [0.4, 0.5) is 0 Å². The van der Waals surface area contributed by atoms with E-state index in [1.54, 1.807) is 6.20 Å². The van der Waals surface area contributed by atoms with E-state index in [1.807, 2.05) is 24.4 Å². The maximum absolute atomic E-state index is 9.46. The highest BCUT2D eigenvalue weighted by molar-refractivity contribution is 6.05. The molecule has 0 spiro atoms. The molecule has 64 valence electrons. The fraction of sp³-hybridized carbons (Fsp3) is 0. The van der Waals surface area contributed by atoms with Gasteiger partial charge in [-0.1, -0.05) is 6.07 Å². The first kappa shape index (κ1) is 6.60. The predicted octanol–water partition coefficient (Wildman–Crippen LogP) is 2.35. The number of aromatic nitrogens is 2. The molecule has 0 radical (unpaired) electrons. The molecule has 0 fully saturated rings. The second-order valence-corrected chi connectivity index (χ2v) is 3.10. The quantitative estimate of drug-likeness (QED) is 0.479. The number of aromatic amines is 2. The van der Waals surface area contributed by atoms with Crippen molar-refractivity contribution in [1.82, 2.24) is 9.97 Å². The molecule has 0 bridgehead atoms. The summed E-state index contributed by atoms with van der Waals surface area (Å²) in [5.74, 6) is 0.298. The van der Waals surface area contributed by atoms with Crippen LogP contribution in [0.15, 0.2) is 30.6 Å². The Balaban J connectivity index is 2.66. The maximum atomic E-state index is 9.46. The summed E-state index contributed by atoms with van der Waals surface area (Å²) in [5, 5.41) is 11.5. The number of hydrogen-bond donors (Lipinski definition) is 3. The van der Waals surface area contributed by atoms with Crippen molar-refractivity contribution in [2.45, 2.75) is 0 Å². The fourth-order valence-corrected chi connectivity index (χ4v) is 1.71. The van der Waals surface area contributed by atoms with Crippen molar-refractivity contribution < 1.29 is 5.11 Å². The Morgan fingerprint density at radius 3 is 2.85 bits per heavy atom. The van der Waals surface area contributed by atoms with Gasteiger partial charge in [-0.25, -0.2) is 0 Å². The van der Waals surface area contributed by atoms with E-state index in [2.05, 4.69) is 9.97 Å². The van der Waals surface area contributed by atoms with Crippen molar-refractivity contribution in [3.8, 4) is 5.75 Å². The van der Waals surface area contributed by atoms with Gasteiger partial charge in [0.2, 0.25) is 0 Å². The third kappa shape index (κ3) is 0.731. The van der Waals surface area contributed by atoms with Crippen molar-refractivity contribution in [2.75, 3.05) is 0 Å². The summed E-state index contributed by atoms with van der Waals surface area (Å²) in [6.45, 7) is 0. The van der Waals surface area contributed by atoms with E-state index in [9.17, 15) is 5.11 Å². The van der Waals surface area contributed by atoms with Crippen LogP contribution in [0, 0.1) is 0 Å². The van der Waals surface area contributed by atoms with Gasteiger partial charge in [0.05, 0.1) is 11.0 Å². The summed E-state index contributed by atoms with van der Waals surface area (Å²) in [6.07, 6.45) is 3.49. The van der Waals surface area contributed by atoms with E-state index in [1.165, 1.54) is 0 Å².